The second kappa shape index (κ2) is 10.4. The molecule has 0 saturated heterocycles. The van der Waals surface area contributed by atoms with Crippen LogP contribution in [0.2, 0.25) is 0 Å². The van der Waals surface area contributed by atoms with Crippen molar-refractivity contribution >= 4 is 0 Å². The number of rotatable bonds is 10. The molecule has 0 aromatic rings. The van der Waals surface area contributed by atoms with Crippen LogP contribution in [0.5, 0.6) is 0 Å². The van der Waals surface area contributed by atoms with Crippen molar-refractivity contribution < 1.29 is 4.74 Å². The molecule has 0 spiro atoms. The summed E-state index contributed by atoms with van der Waals surface area (Å²) < 4.78 is 5.49. The van der Waals surface area contributed by atoms with E-state index < -0.39 is 0 Å². The Hall–Kier alpha value is -0.0800. The molecule has 2 heteroatoms. The summed E-state index contributed by atoms with van der Waals surface area (Å²) in [6, 6.07) is 0. The van der Waals surface area contributed by atoms with Crippen LogP contribution in [0.25, 0.3) is 0 Å². The summed E-state index contributed by atoms with van der Waals surface area (Å²) >= 11 is 0. The van der Waals surface area contributed by atoms with Crippen LogP contribution in [0.3, 0.4) is 0 Å². The van der Waals surface area contributed by atoms with Gasteiger partial charge in [-0.15, -0.1) is 0 Å². The molecule has 0 aromatic carbocycles. The molecule has 0 rings (SSSR count). The molecule has 0 heterocycles. The monoisotopic (exact) mass is 215 g/mol. The van der Waals surface area contributed by atoms with Crippen molar-refractivity contribution in [3.8, 4) is 0 Å². The highest BCUT2D eigenvalue weighted by Gasteiger charge is 1.95. The Balaban J connectivity index is 2.93. The Morgan fingerprint density at radius 1 is 0.933 bits per heavy atom. The van der Waals surface area contributed by atoms with Crippen LogP contribution in [0.15, 0.2) is 0 Å². The summed E-state index contributed by atoms with van der Waals surface area (Å²) in [6.07, 6.45) is 5.53. The fourth-order valence-electron chi connectivity index (χ4n) is 1.42. The molecule has 92 valence electrons. The van der Waals surface area contributed by atoms with Gasteiger partial charge in [-0.25, -0.2) is 0 Å². The average Bonchev–Trinajstić information content (AvgIpc) is 2.14. The Kier molecular flexibility index (Phi) is 10.4. The molecule has 0 atom stereocenters. The lowest BCUT2D eigenvalue weighted by Gasteiger charge is -2.08. The van der Waals surface area contributed by atoms with Crippen molar-refractivity contribution in [3.63, 3.8) is 0 Å². The van der Waals surface area contributed by atoms with Gasteiger partial charge < -0.3 is 10.1 Å². The molecule has 15 heavy (non-hydrogen) atoms. The lowest BCUT2D eigenvalue weighted by atomic mass is 10.2. The normalized spacial score (nSPS) is 11.6. The van der Waals surface area contributed by atoms with Crippen LogP contribution < -0.4 is 5.32 Å². The summed E-state index contributed by atoms with van der Waals surface area (Å²) in [5.41, 5.74) is 0. The zero-order chi connectivity index (χ0) is 11.5. The molecule has 0 unspecified atom stereocenters. The van der Waals surface area contributed by atoms with E-state index in [2.05, 4.69) is 33.0 Å². The maximum atomic E-state index is 5.49. The van der Waals surface area contributed by atoms with E-state index >= 15 is 0 Å². The van der Waals surface area contributed by atoms with Crippen molar-refractivity contribution in [2.24, 2.45) is 5.92 Å². The number of hydrogen-bond acceptors (Lipinski definition) is 2. The van der Waals surface area contributed by atoms with E-state index in [9.17, 15) is 0 Å². The zero-order valence-corrected chi connectivity index (χ0v) is 11.0. The number of ether oxygens (including phenoxy) is 1. The molecular formula is C13H29NO. The number of nitrogens with one attached hydrogen (secondary N) is 1. The van der Waals surface area contributed by atoms with Gasteiger partial charge in [0.15, 0.2) is 0 Å². The topological polar surface area (TPSA) is 21.3 Å². The van der Waals surface area contributed by atoms with Crippen molar-refractivity contribution in [2.45, 2.75) is 59.5 Å². The van der Waals surface area contributed by atoms with Gasteiger partial charge in [-0.3, -0.25) is 0 Å². The first-order valence-corrected chi connectivity index (χ1v) is 6.45. The largest absolute Gasteiger partial charge is 0.379 e. The standard InChI is InChI=1S/C13H29NO/c1-12(2)11-14-9-7-5-6-8-10-15-13(3)4/h12-14H,5-11H2,1-4H3. The summed E-state index contributed by atoms with van der Waals surface area (Å²) in [6.45, 7) is 11.9. The van der Waals surface area contributed by atoms with Crippen LogP contribution >= 0.6 is 0 Å². The second-order valence-corrected chi connectivity index (χ2v) is 4.93. The minimum absolute atomic E-state index is 0.387. The molecule has 0 aliphatic heterocycles. The third-order valence-electron chi connectivity index (χ3n) is 2.25. The van der Waals surface area contributed by atoms with E-state index in [1.54, 1.807) is 0 Å². The summed E-state index contributed by atoms with van der Waals surface area (Å²) in [4.78, 5) is 0. The summed E-state index contributed by atoms with van der Waals surface area (Å²) in [5, 5.41) is 3.46. The summed E-state index contributed by atoms with van der Waals surface area (Å²) in [5.74, 6) is 0.768. The molecular weight excluding hydrogens is 186 g/mol. The first-order chi connectivity index (χ1) is 7.13. The molecule has 2 nitrogen and oxygen atoms in total. The van der Waals surface area contributed by atoms with E-state index in [0.717, 1.165) is 19.1 Å². The highest BCUT2D eigenvalue weighted by molar-refractivity contribution is 4.52. The van der Waals surface area contributed by atoms with Crippen molar-refractivity contribution in [3.05, 3.63) is 0 Å². The van der Waals surface area contributed by atoms with Gasteiger partial charge in [0.05, 0.1) is 6.10 Å². The van der Waals surface area contributed by atoms with Crippen LogP contribution in [-0.4, -0.2) is 25.8 Å². The van der Waals surface area contributed by atoms with E-state index in [0.29, 0.717) is 6.10 Å². The Bertz CT molecular complexity index is 110. The third-order valence-corrected chi connectivity index (χ3v) is 2.25. The Labute approximate surface area is 95.8 Å². The molecule has 0 aliphatic rings. The molecule has 0 amide bonds. The Morgan fingerprint density at radius 2 is 1.60 bits per heavy atom. The summed E-state index contributed by atoms with van der Waals surface area (Å²) in [7, 11) is 0. The molecule has 0 bridgehead atoms. The van der Waals surface area contributed by atoms with Gasteiger partial charge in [-0.1, -0.05) is 26.7 Å². The van der Waals surface area contributed by atoms with Crippen molar-refractivity contribution in [2.75, 3.05) is 19.7 Å². The molecule has 0 saturated carbocycles. The predicted octanol–water partition coefficient (Wildman–Crippen LogP) is 3.22. The Morgan fingerprint density at radius 3 is 2.20 bits per heavy atom. The third kappa shape index (κ3) is 13.9. The van der Waals surface area contributed by atoms with Gasteiger partial charge >= 0.3 is 0 Å². The average molecular weight is 215 g/mol. The first kappa shape index (κ1) is 14.9. The van der Waals surface area contributed by atoms with Crippen LogP contribution in [-0.2, 0) is 4.74 Å². The van der Waals surface area contributed by atoms with Crippen LogP contribution in [0.1, 0.15) is 53.4 Å². The van der Waals surface area contributed by atoms with Gasteiger partial charge in [0.1, 0.15) is 0 Å². The van der Waals surface area contributed by atoms with Crippen LogP contribution in [0.4, 0.5) is 0 Å². The van der Waals surface area contributed by atoms with Gasteiger partial charge in [0.2, 0.25) is 0 Å². The quantitative estimate of drug-likeness (QED) is 0.565. The molecule has 0 aliphatic carbocycles. The molecule has 0 radical (unpaired) electrons. The van der Waals surface area contributed by atoms with E-state index in [1.807, 2.05) is 0 Å². The molecule has 1 N–H and O–H groups in total. The van der Waals surface area contributed by atoms with Gasteiger partial charge in [0, 0.05) is 6.61 Å². The SMILES string of the molecule is CC(C)CNCCCCCCOC(C)C. The lowest BCUT2D eigenvalue weighted by molar-refractivity contribution is 0.0757. The minimum atomic E-state index is 0.387. The van der Waals surface area contributed by atoms with E-state index in [-0.39, 0.29) is 0 Å². The number of hydrogen-bond donors (Lipinski definition) is 1. The fraction of sp³-hybridized carbons (Fsp3) is 1.00. The van der Waals surface area contributed by atoms with Crippen LogP contribution in [0, 0.1) is 5.92 Å². The predicted molar refractivity (Wildman–Crippen MR) is 67.3 cm³/mol. The zero-order valence-electron chi connectivity index (χ0n) is 11.0. The van der Waals surface area contributed by atoms with Crippen molar-refractivity contribution in [1.82, 2.24) is 5.32 Å². The fourth-order valence-corrected chi connectivity index (χ4v) is 1.42. The van der Waals surface area contributed by atoms with Gasteiger partial charge in [-0.05, 0) is 45.7 Å². The molecule has 0 fully saturated rings. The highest BCUT2D eigenvalue weighted by Crippen LogP contribution is 2.01. The molecule has 0 aromatic heterocycles. The first-order valence-electron chi connectivity index (χ1n) is 6.45. The minimum Gasteiger partial charge on any atom is -0.379 e. The maximum Gasteiger partial charge on any atom is 0.0518 e. The lowest BCUT2D eigenvalue weighted by Crippen LogP contribution is -2.20. The highest BCUT2D eigenvalue weighted by atomic mass is 16.5. The smallest absolute Gasteiger partial charge is 0.0518 e. The second-order valence-electron chi connectivity index (χ2n) is 4.93. The van der Waals surface area contributed by atoms with Crippen molar-refractivity contribution in [1.29, 1.82) is 0 Å². The van der Waals surface area contributed by atoms with E-state index in [1.165, 1.54) is 32.2 Å². The van der Waals surface area contributed by atoms with E-state index in [4.69, 9.17) is 4.74 Å². The van der Waals surface area contributed by atoms with Gasteiger partial charge in [0.25, 0.3) is 0 Å². The van der Waals surface area contributed by atoms with Gasteiger partial charge in [-0.2, -0.15) is 0 Å². The maximum absolute atomic E-state index is 5.49. The number of unbranched alkanes of at least 4 members (excludes halogenated alkanes) is 3.